The molecule has 1 saturated heterocycles. The molecule has 0 bridgehead atoms. The number of quaternary nitrogens is 1. The van der Waals surface area contributed by atoms with Crippen molar-refractivity contribution in [3.8, 4) is 17.2 Å². The summed E-state index contributed by atoms with van der Waals surface area (Å²) < 4.78 is 17.0. The van der Waals surface area contributed by atoms with Crippen molar-refractivity contribution >= 4 is 23.5 Å². The number of allylic oxidation sites excluding steroid dienone is 1. The Morgan fingerprint density at radius 2 is 2.03 bits per heavy atom. The maximum absolute atomic E-state index is 13.1. The number of Topliss-reactive ketones (excluding diaryl/α,β-unsaturated/α-hetero) is 1. The lowest BCUT2D eigenvalue weighted by molar-refractivity contribution is -0.919. The number of rotatable bonds is 3. The molecule has 0 atom stereocenters. The van der Waals surface area contributed by atoms with E-state index in [1.54, 1.807) is 24.3 Å². The molecule has 7 heteroatoms. The minimum atomic E-state index is -0.237. The molecule has 0 saturated carbocycles. The summed E-state index contributed by atoms with van der Waals surface area (Å²) in [5.41, 5.74) is 2.49. The van der Waals surface area contributed by atoms with E-state index in [0.29, 0.717) is 46.4 Å². The van der Waals surface area contributed by atoms with Gasteiger partial charge < -0.3 is 24.2 Å². The van der Waals surface area contributed by atoms with E-state index in [4.69, 9.17) is 25.8 Å². The Hall–Kier alpha value is -2.54. The highest BCUT2D eigenvalue weighted by molar-refractivity contribution is 6.31. The smallest absolute Gasteiger partial charge is 0.231 e. The molecule has 1 fully saturated rings. The van der Waals surface area contributed by atoms with Crippen LogP contribution in [0.1, 0.15) is 46.8 Å². The number of fused-ring (bicyclic) bond motifs is 2. The molecule has 3 aliphatic rings. The van der Waals surface area contributed by atoms with Gasteiger partial charge in [0.15, 0.2) is 12.6 Å². The SMILES string of the molecule is CC1CC[NH+](Cc2c([O-])ccc3c2O/C(=C\c2cc(Cl)cc4c2OCOC4)C3=O)CC1. The van der Waals surface area contributed by atoms with Crippen LogP contribution in [0, 0.1) is 5.92 Å². The van der Waals surface area contributed by atoms with E-state index in [1.165, 1.54) is 11.0 Å². The summed E-state index contributed by atoms with van der Waals surface area (Å²) in [5.74, 6) is 1.60. The standard InChI is InChI=1S/C24H24ClNO5/c1-14-4-6-26(7-5-14)11-19-20(27)3-2-18-22(28)21(31-24(18)19)10-15-8-17(25)9-16-12-29-13-30-23(15)16/h2-3,8-10,14,27H,4-7,11-13H2,1H3/b21-10-. The van der Waals surface area contributed by atoms with Crippen molar-refractivity contribution in [1.29, 1.82) is 0 Å². The summed E-state index contributed by atoms with van der Waals surface area (Å²) in [4.78, 5) is 14.4. The summed E-state index contributed by atoms with van der Waals surface area (Å²) in [6.07, 6.45) is 3.93. The summed E-state index contributed by atoms with van der Waals surface area (Å²) in [6.45, 7) is 5.41. The van der Waals surface area contributed by atoms with E-state index in [-0.39, 0.29) is 24.1 Å². The molecule has 3 heterocycles. The number of benzene rings is 2. The molecule has 0 radical (unpaired) electrons. The minimum absolute atomic E-state index is 0.0838. The fourth-order valence-electron chi connectivity index (χ4n) is 4.51. The average Bonchev–Trinajstić information content (AvgIpc) is 3.07. The average molecular weight is 442 g/mol. The molecule has 31 heavy (non-hydrogen) atoms. The number of hydrogen-bond donors (Lipinski definition) is 1. The molecule has 0 amide bonds. The highest BCUT2D eigenvalue weighted by Gasteiger charge is 2.32. The third kappa shape index (κ3) is 3.91. The molecule has 0 unspecified atom stereocenters. The van der Waals surface area contributed by atoms with Gasteiger partial charge in [0, 0.05) is 21.7 Å². The van der Waals surface area contributed by atoms with E-state index in [2.05, 4.69) is 6.92 Å². The molecule has 3 aliphatic heterocycles. The summed E-state index contributed by atoms with van der Waals surface area (Å²) in [5, 5.41) is 13.2. The van der Waals surface area contributed by atoms with Crippen LogP contribution in [0.4, 0.5) is 0 Å². The van der Waals surface area contributed by atoms with Crippen LogP contribution in [0.15, 0.2) is 30.0 Å². The van der Waals surface area contributed by atoms with Gasteiger partial charge in [0.1, 0.15) is 18.0 Å². The Morgan fingerprint density at radius 3 is 2.84 bits per heavy atom. The van der Waals surface area contributed by atoms with Crippen molar-refractivity contribution in [2.45, 2.75) is 32.9 Å². The normalized spacial score (nSPS) is 23.8. The van der Waals surface area contributed by atoms with Gasteiger partial charge in [0.2, 0.25) is 5.78 Å². The lowest BCUT2D eigenvalue weighted by Crippen LogP contribution is -3.11. The number of likely N-dealkylation sites (tertiary alicyclic amines) is 1. The Bertz CT molecular complexity index is 1070. The fourth-order valence-corrected chi connectivity index (χ4v) is 4.76. The van der Waals surface area contributed by atoms with E-state index in [1.807, 2.05) is 0 Å². The lowest BCUT2D eigenvalue weighted by atomic mass is 9.98. The molecular formula is C24H24ClNO5. The zero-order chi connectivity index (χ0) is 21.5. The number of ketones is 1. The highest BCUT2D eigenvalue weighted by Crippen LogP contribution is 2.40. The molecule has 162 valence electrons. The summed E-state index contributed by atoms with van der Waals surface area (Å²) in [7, 11) is 0. The Labute approximate surface area is 186 Å². The third-order valence-electron chi connectivity index (χ3n) is 6.30. The molecule has 0 aromatic heterocycles. The fraction of sp³-hybridized carbons (Fsp3) is 0.375. The first-order chi connectivity index (χ1) is 15.0. The van der Waals surface area contributed by atoms with Crippen LogP contribution in [0.2, 0.25) is 5.02 Å². The number of halogens is 1. The van der Waals surface area contributed by atoms with Gasteiger partial charge in [0.25, 0.3) is 0 Å². The van der Waals surface area contributed by atoms with E-state index >= 15 is 0 Å². The number of nitrogens with one attached hydrogen (secondary N) is 1. The number of carbonyl (C=O) groups is 1. The van der Waals surface area contributed by atoms with Crippen molar-refractivity contribution in [2.24, 2.45) is 5.92 Å². The van der Waals surface area contributed by atoms with Crippen molar-refractivity contribution in [2.75, 3.05) is 19.9 Å². The Kier molecular flexibility index (Phi) is 5.38. The minimum Gasteiger partial charge on any atom is -0.872 e. The number of hydrogen-bond acceptors (Lipinski definition) is 5. The molecule has 6 nitrogen and oxygen atoms in total. The van der Waals surface area contributed by atoms with Gasteiger partial charge in [-0.15, -0.1) is 0 Å². The second kappa shape index (κ2) is 8.19. The van der Waals surface area contributed by atoms with Gasteiger partial charge in [-0.05, 0) is 43.0 Å². The van der Waals surface area contributed by atoms with Crippen LogP contribution >= 0.6 is 11.6 Å². The maximum atomic E-state index is 13.1. The molecule has 1 N–H and O–H groups in total. The van der Waals surface area contributed by atoms with Gasteiger partial charge in [-0.2, -0.15) is 0 Å². The first kappa shape index (κ1) is 20.4. The van der Waals surface area contributed by atoms with Gasteiger partial charge in [-0.1, -0.05) is 30.3 Å². The van der Waals surface area contributed by atoms with Crippen molar-refractivity contribution in [3.63, 3.8) is 0 Å². The zero-order valence-corrected chi connectivity index (χ0v) is 18.1. The van der Waals surface area contributed by atoms with Crippen LogP contribution < -0.4 is 19.5 Å². The van der Waals surface area contributed by atoms with Crippen LogP contribution in [0.5, 0.6) is 17.2 Å². The zero-order valence-electron chi connectivity index (χ0n) is 17.3. The van der Waals surface area contributed by atoms with Crippen molar-refractivity contribution in [1.82, 2.24) is 0 Å². The largest absolute Gasteiger partial charge is 0.872 e. The van der Waals surface area contributed by atoms with Crippen LogP contribution in [0.25, 0.3) is 6.08 Å². The number of piperidine rings is 1. The van der Waals surface area contributed by atoms with Gasteiger partial charge >= 0.3 is 0 Å². The molecule has 2 aromatic rings. The van der Waals surface area contributed by atoms with Crippen LogP contribution in [-0.4, -0.2) is 25.7 Å². The molecule has 0 aliphatic carbocycles. The predicted octanol–water partition coefficient (Wildman–Crippen LogP) is 2.71. The summed E-state index contributed by atoms with van der Waals surface area (Å²) >= 11 is 6.25. The third-order valence-corrected chi connectivity index (χ3v) is 6.51. The summed E-state index contributed by atoms with van der Waals surface area (Å²) in [6, 6.07) is 6.56. The molecular weight excluding hydrogens is 418 g/mol. The van der Waals surface area contributed by atoms with Crippen LogP contribution in [-0.2, 0) is 17.9 Å². The second-order valence-electron chi connectivity index (χ2n) is 8.56. The van der Waals surface area contributed by atoms with E-state index < -0.39 is 0 Å². The maximum Gasteiger partial charge on any atom is 0.231 e. The van der Waals surface area contributed by atoms with Gasteiger partial charge in [-0.3, -0.25) is 4.79 Å². The topological polar surface area (TPSA) is 72.3 Å². The van der Waals surface area contributed by atoms with Crippen molar-refractivity contribution < 1.29 is 29.0 Å². The monoisotopic (exact) mass is 441 g/mol. The Balaban J connectivity index is 1.47. The molecule has 0 spiro atoms. The van der Waals surface area contributed by atoms with Gasteiger partial charge in [-0.25, -0.2) is 0 Å². The predicted molar refractivity (Wildman–Crippen MR) is 113 cm³/mol. The molecule has 2 aromatic carbocycles. The first-order valence-electron chi connectivity index (χ1n) is 10.6. The Morgan fingerprint density at radius 1 is 1.23 bits per heavy atom. The van der Waals surface area contributed by atoms with Crippen molar-refractivity contribution in [3.05, 3.63) is 57.3 Å². The number of ether oxygens (including phenoxy) is 3. The highest BCUT2D eigenvalue weighted by atomic mass is 35.5. The quantitative estimate of drug-likeness (QED) is 0.741. The van der Waals surface area contributed by atoms with Gasteiger partial charge in [0.05, 0.1) is 25.3 Å². The first-order valence-corrected chi connectivity index (χ1v) is 11.0. The molecule has 5 rings (SSSR count). The van der Waals surface area contributed by atoms with Crippen LogP contribution in [0.3, 0.4) is 0 Å². The lowest BCUT2D eigenvalue weighted by Gasteiger charge is -2.29. The van der Waals surface area contributed by atoms with E-state index in [0.717, 1.165) is 37.4 Å². The second-order valence-corrected chi connectivity index (χ2v) is 9.00. The van der Waals surface area contributed by atoms with E-state index in [9.17, 15) is 9.90 Å². The number of carbonyl (C=O) groups excluding carboxylic acids is 1.